The first-order valence-electron chi connectivity index (χ1n) is 11.6. The number of anilines is 1. The molecule has 5 rings (SSSR count). The van der Waals surface area contributed by atoms with E-state index in [9.17, 15) is 14.0 Å². The van der Waals surface area contributed by atoms with Gasteiger partial charge in [-0.05, 0) is 29.8 Å². The van der Waals surface area contributed by atoms with Gasteiger partial charge in [-0.3, -0.25) is 14.3 Å². The van der Waals surface area contributed by atoms with Gasteiger partial charge in [-0.15, -0.1) is 5.10 Å². The number of hydrogen-bond acceptors (Lipinski definition) is 5. The summed E-state index contributed by atoms with van der Waals surface area (Å²) in [4.78, 5) is 31.2. The zero-order valence-electron chi connectivity index (χ0n) is 18.9. The van der Waals surface area contributed by atoms with Crippen LogP contribution in [0.3, 0.4) is 0 Å². The highest BCUT2D eigenvalue weighted by molar-refractivity contribution is 5.92. The molecule has 0 spiro atoms. The maximum absolute atomic E-state index is 13.2. The van der Waals surface area contributed by atoms with Gasteiger partial charge in [0.25, 0.3) is 5.91 Å². The van der Waals surface area contributed by atoms with E-state index < -0.39 is 0 Å². The first-order chi connectivity index (χ1) is 16.5. The summed E-state index contributed by atoms with van der Waals surface area (Å²) >= 11 is 0. The van der Waals surface area contributed by atoms with Crippen molar-refractivity contribution in [1.82, 2.24) is 24.8 Å². The molecule has 2 aliphatic rings. The number of piperazine rings is 1. The summed E-state index contributed by atoms with van der Waals surface area (Å²) in [5.41, 5.74) is 2.39. The maximum Gasteiger partial charge on any atom is 0.276 e. The zero-order chi connectivity index (χ0) is 23.5. The lowest BCUT2D eigenvalue weighted by atomic mass is 10.1. The van der Waals surface area contributed by atoms with Crippen molar-refractivity contribution >= 4 is 17.5 Å². The second-order valence-electron chi connectivity index (χ2n) is 8.91. The van der Waals surface area contributed by atoms with E-state index in [1.54, 1.807) is 27.9 Å². The molecule has 3 aromatic rings. The van der Waals surface area contributed by atoms with Gasteiger partial charge in [0, 0.05) is 63.8 Å². The van der Waals surface area contributed by atoms with E-state index in [2.05, 4.69) is 15.2 Å². The number of nitrogens with zero attached hydrogens (tertiary/aromatic N) is 6. The molecular weight excluding hydrogens is 435 g/mol. The van der Waals surface area contributed by atoms with Gasteiger partial charge in [0.2, 0.25) is 5.91 Å². The molecule has 1 unspecified atom stereocenters. The molecule has 2 amide bonds. The Kier molecular flexibility index (Phi) is 6.24. The predicted molar refractivity (Wildman–Crippen MR) is 125 cm³/mol. The number of benzene rings is 2. The van der Waals surface area contributed by atoms with E-state index in [1.807, 2.05) is 35.2 Å². The topological polar surface area (TPSA) is 74.6 Å². The van der Waals surface area contributed by atoms with Crippen LogP contribution in [-0.2, 0) is 17.9 Å². The Labute approximate surface area is 197 Å². The van der Waals surface area contributed by atoms with Gasteiger partial charge in [-0.25, -0.2) is 4.39 Å². The fourth-order valence-electron chi connectivity index (χ4n) is 4.66. The Morgan fingerprint density at radius 1 is 1.00 bits per heavy atom. The van der Waals surface area contributed by atoms with Gasteiger partial charge in [-0.2, -0.15) is 0 Å². The largest absolute Gasteiger partial charge is 0.368 e. The summed E-state index contributed by atoms with van der Waals surface area (Å²) in [6.45, 7) is 4.31. The monoisotopic (exact) mass is 462 g/mol. The quantitative estimate of drug-likeness (QED) is 0.563. The van der Waals surface area contributed by atoms with Crippen LogP contribution in [0.2, 0.25) is 0 Å². The van der Waals surface area contributed by atoms with E-state index in [4.69, 9.17) is 0 Å². The minimum absolute atomic E-state index is 0.139. The SMILES string of the molecule is O=C1CC(Cn2cc(C(=O)N3CCN(c4ccc(F)cc4)CC3)nn2)CN1Cc1ccccc1. The number of halogens is 1. The average Bonchev–Trinajstić information content (AvgIpc) is 3.46. The van der Waals surface area contributed by atoms with Gasteiger partial charge >= 0.3 is 0 Å². The van der Waals surface area contributed by atoms with Crippen molar-refractivity contribution in [3.05, 3.63) is 77.9 Å². The first-order valence-corrected chi connectivity index (χ1v) is 11.6. The van der Waals surface area contributed by atoms with Gasteiger partial charge in [0.05, 0.1) is 6.20 Å². The van der Waals surface area contributed by atoms with Crippen molar-refractivity contribution in [3.63, 3.8) is 0 Å². The van der Waals surface area contributed by atoms with Crippen LogP contribution >= 0.6 is 0 Å². The minimum atomic E-state index is -0.258. The Bertz CT molecular complexity index is 1140. The molecule has 34 heavy (non-hydrogen) atoms. The highest BCUT2D eigenvalue weighted by Crippen LogP contribution is 2.22. The number of likely N-dealkylation sites (tertiary alicyclic amines) is 1. The van der Waals surface area contributed by atoms with E-state index >= 15 is 0 Å². The summed E-state index contributed by atoms with van der Waals surface area (Å²) in [6, 6.07) is 16.4. The second kappa shape index (κ2) is 9.62. The molecule has 0 radical (unpaired) electrons. The Morgan fingerprint density at radius 3 is 2.47 bits per heavy atom. The number of carbonyl (C=O) groups is 2. The second-order valence-corrected chi connectivity index (χ2v) is 8.91. The third kappa shape index (κ3) is 4.93. The Balaban J connectivity index is 1.13. The van der Waals surface area contributed by atoms with Crippen molar-refractivity contribution in [1.29, 1.82) is 0 Å². The van der Waals surface area contributed by atoms with Crippen molar-refractivity contribution in [2.75, 3.05) is 37.6 Å². The fraction of sp³-hybridized carbons (Fsp3) is 0.360. The third-order valence-electron chi connectivity index (χ3n) is 6.47. The standard InChI is InChI=1S/C25H27FN6O2/c26-21-6-8-22(9-7-21)29-10-12-30(13-11-29)25(34)23-18-32(28-27-23)17-20-14-24(33)31(16-20)15-19-4-2-1-3-5-19/h1-9,18,20H,10-17H2. The zero-order valence-corrected chi connectivity index (χ0v) is 18.9. The Hall–Kier alpha value is -3.75. The van der Waals surface area contributed by atoms with Gasteiger partial charge < -0.3 is 14.7 Å². The molecule has 2 aromatic carbocycles. The number of amides is 2. The van der Waals surface area contributed by atoms with Crippen LogP contribution in [0.5, 0.6) is 0 Å². The number of rotatable bonds is 6. The highest BCUT2D eigenvalue weighted by atomic mass is 19.1. The van der Waals surface area contributed by atoms with Gasteiger partial charge in [0.1, 0.15) is 5.82 Å². The molecule has 2 fully saturated rings. The van der Waals surface area contributed by atoms with Crippen LogP contribution in [0.1, 0.15) is 22.5 Å². The van der Waals surface area contributed by atoms with Crippen molar-refractivity contribution in [3.8, 4) is 0 Å². The summed E-state index contributed by atoms with van der Waals surface area (Å²) in [7, 11) is 0. The van der Waals surface area contributed by atoms with Gasteiger partial charge in [0.15, 0.2) is 5.69 Å². The summed E-state index contributed by atoms with van der Waals surface area (Å²) < 4.78 is 14.8. The molecule has 3 heterocycles. The van der Waals surface area contributed by atoms with E-state index in [1.165, 1.54) is 12.1 Å². The van der Waals surface area contributed by atoms with Crippen LogP contribution in [0, 0.1) is 11.7 Å². The smallest absolute Gasteiger partial charge is 0.276 e. The normalized spacial score (nSPS) is 18.6. The van der Waals surface area contributed by atoms with Crippen LogP contribution in [0.15, 0.2) is 60.8 Å². The molecule has 0 N–H and O–H groups in total. The molecule has 2 saturated heterocycles. The lowest BCUT2D eigenvalue weighted by molar-refractivity contribution is -0.128. The van der Waals surface area contributed by atoms with E-state index in [0.29, 0.717) is 57.9 Å². The van der Waals surface area contributed by atoms with Crippen molar-refractivity contribution in [2.45, 2.75) is 19.5 Å². The summed E-state index contributed by atoms with van der Waals surface area (Å²) in [5.74, 6) is -0.117. The molecule has 2 aliphatic heterocycles. The Morgan fingerprint density at radius 2 is 1.74 bits per heavy atom. The third-order valence-corrected chi connectivity index (χ3v) is 6.47. The molecule has 1 aromatic heterocycles. The van der Waals surface area contributed by atoms with Crippen molar-refractivity contribution in [2.24, 2.45) is 5.92 Å². The molecule has 9 heteroatoms. The minimum Gasteiger partial charge on any atom is -0.368 e. The summed E-state index contributed by atoms with van der Waals surface area (Å²) in [5, 5.41) is 8.24. The maximum atomic E-state index is 13.2. The van der Waals surface area contributed by atoms with Crippen LogP contribution in [-0.4, -0.2) is 69.3 Å². The molecule has 1 atom stereocenters. The van der Waals surface area contributed by atoms with Crippen molar-refractivity contribution < 1.29 is 14.0 Å². The van der Waals surface area contributed by atoms with E-state index in [-0.39, 0.29) is 23.5 Å². The average molecular weight is 463 g/mol. The molecule has 8 nitrogen and oxygen atoms in total. The molecule has 176 valence electrons. The summed E-state index contributed by atoms with van der Waals surface area (Å²) in [6.07, 6.45) is 2.15. The van der Waals surface area contributed by atoms with Crippen LogP contribution in [0.4, 0.5) is 10.1 Å². The van der Waals surface area contributed by atoms with Gasteiger partial charge in [-0.1, -0.05) is 35.5 Å². The molecule has 0 bridgehead atoms. The number of carbonyl (C=O) groups excluding carboxylic acids is 2. The number of aromatic nitrogens is 3. The number of hydrogen-bond donors (Lipinski definition) is 0. The molecule has 0 saturated carbocycles. The van der Waals surface area contributed by atoms with E-state index in [0.717, 1.165) is 11.3 Å². The predicted octanol–water partition coefficient (Wildman–Crippen LogP) is 2.43. The highest BCUT2D eigenvalue weighted by Gasteiger charge is 2.30. The van der Waals surface area contributed by atoms with Crippen LogP contribution in [0.25, 0.3) is 0 Å². The lowest BCUT2D eigenvalue weighted by Gasteiger charge is -2.35. The lowest BCUT2D eigenvalue weighted by Crippen LogP contribution is -2.48. The fourth-order valence-corrected chi connectivity index (χ4v) is 4.66. The first kappa shape index (κ1) is 22.1. The van der Waals surface area contributed by atoms with Crippen LogP contribution < -0.4 is 4.90 Å². The molecule has 0 aliphatic carbocycles. The molecular formula is C25H27FN6O2.